The predicted octanol–water partition coefficient (Wildman–Crippen LogP) is 2.74. The second-order valence-corrected chi connectivity index (χ2v) is 6.13. The topological polar surface area (TPSA) is 75.6 Å². The first-order valence-corrected chi connectivity index (χ1v) is 7.80. The molecule has 0 saturated heterocycles. The summed E-state index contributed by atoms with van der Waals surface area (Å²) < 4.78 is 5.60. The largest absolute Gasteiger partial charge is 0.493 e. The Hall–Kier alpha value is -2.34. The predicted molar refractivity (Wildman–Crippen MR) is 82.9 cm³/mol. The summed E-state index contributed by atoms with van der Waals surface area (Å²) in [4.78, 5) is 23.5. The summed E-state index contributed by atoms with van der Waals surface area (Å²) in [5.41, 5.74) is 1.10. The normalized spacial score (nSPS) is 16.5. The fourth-order valence-corrected chi connectivity index (χ4v) is 3.27. The SMILES string of the molecule is O=C(O)c1ccc(C(=O)NC[C@@H]2CCOc3ccccc32)s1. The van der Waals surface area contributed by atoms with E-state index < -0.39 is 5.97 Å². The molecular formula is C16H15NO4S. The Bertz CT molecular complexity index is 710. The Morgan fingerprint density at radius 1 is 1.23 bits per heavy atom. The van der Waals surface area contributed by atoms with Crippen LogP contribution in [0.15, 0.2) is 36.4 Å². The number of amides is 1. The lowest BCUT2D eigenvalue weighted by atomic mass is 9.93. The Morgan fingerprint density at radius 2 is 2.00 bits per heavy atom. The van der Waals surface area contributed by atoms with Crippen LogP contribution in [-0.4, -0.2) is 30.1 Å². The first-order chi connectivity index (χ1) is 10.6. The Morgan fingerprint density at radius 3 is 2.77 bits per heavy atom. The zero-order valence-electron chi connectivity index (χ0n) is 11.7. The summed E-state index contributed by atoms with van der Waals surface area (Å²) in [6, 6.07) is 10.8. The molecule has 114 valence electrons. The molecule has 0 spiro atoms. The molecule has 2 aromatic rings. The van der Waals surface area contributed by atoms with Crippen molar-refractivity contribution in [1.82, 2.24) is 5.32 Å². The van der Waals surface area contributed by atoms with Gasteiger partial charge in [0.2, 0.25) is 0 Å². The summed E-state index contributed by atoms with van der Waals surface area (Å²) in [5.74, 6) is -0.158. The molecule has 0 aliphatic carbocycles. The number of aromatic carboxylic acids is 1. The maximum atomic E-state index is 12.1. The van der Waals surface area contributed by atoms with Gasteiger partial charge >= 0.3 is 5.97 Å². The van der Waals surface area contributed by atoms with Crippen LogP contribution in [0.2, 0.25) is 0 Å². The van der Waals surface area contributed by atoms with Crippen LogP contribution in [-0.2, 0) is 0 Å². The van der Waals surface area contributed by atoms with Gasteiger partial charge in [0.1, 0.15) is 10.6 Å². The molecule has 1 aliphatic heterocycles. The molecule has 2 heterocycles. The van der Waals surface area contributed by atoms with Gasteiger partial charge < -0.3 is 15.2 Å². The molecule has 1 aromatic carbocycles. The highest BCUT2D eigenvalue weighted by Gasteiger charge is 2.22. The van der Waals surface area contributed by atoms with Crippen molar-refractivity contribution in [1.29, 1.82) is 0 Å². The number of rotatable bonds is 4. The first-order valence-electron chi connectivity index (χ1n) is 6.98. The lowest BCUT2D eigenvalue weighted by molar-refractivity contribution is 0.0702. The van der Waals surface area contributed by atoms with Crippen molar-refractivity contribution in [2.24, 2.45) is 0 Å². The molecular weight excluding hydrogens is 302 g/mol. The van der Waals surface area contributed by atoms with E-state index >= 15 is 0 Å². The number of carbonyl (C=O) groups excluding carboxylic acids is 1. The number of carboxylic acids is 1. The third-order valence-electron chi connectivity index (χ3n) is 3.63. The van der Waals surface area contributed by atoms with Gasteiger partial charge in [0.25, 0.3) is 5.91 Å². The van der Waals surface area contributed by atoms with Crippen molar-refractivity contribution in [3.05, 3.63) is 51.7 Å². The summed E-state index contributed by atoms with van der Waals surface area (Å²) in [6.45, 7) is 1.15. The lowest BCUT2D eigenvalue weighted by Crippen LogP contribution is -2.30. The summed E-state index contributed by atoms with van der Waals surface area (Å²) >= 11 is 0.985. The number of fused-ring (bicyclic) bond motifs is 1. The second-order valence-electron chi connectivity index (χ2n) is 5.05. The van der Waals surface area contributed by atoms with Gasteiger partial charge in [-0.3, -0.25) is 4.79 Å². The molecule has 0 fully saturated rings. The number of carbonyl (C=O) groups is 2. The molecule has 2 N–H and O–H groups in total. The Balaban J connectivity index is 1.65. The molecule has 1 aliphatic rings. The van der Waals surface area contributed by atoms with Crippen LogP contribution in [0.5, 0.6) is 5.75 Å². The number of thiophene rings is 1. The van der Waals surface area contributed by atoms with Gasteiger partial charge in [-0.25, -0.2) is 4.79 Å². The van der Waals surface area contributed by atoms with Crippen LogP contribution < -0.4 is 10.1 Å². The fraction of sp³-hybridized carbons (Fsp3) is 0.250. The van der Waals surface area contributed by atoms with Crippen LogP contribution >= 0.6 is 11.3 Å². The van der Waals surface area contributed by atoms with E-state index in [4.69, 9.17) is 9.84 Å². The Labute approximate surface area is 131 Å². The molecule has 22 heavy (non-hydrogen) atoms. The number of hydrogen-bond acceptors (Lipinski definition) is 4. The highest BCUT2D eigenvalue weighted by atomic mass is 32.1. The van der Waals surface area contributed by atoms with E-state index in [1.54, 1.807) is 6.07 Å². The van der Waals surface area contributed by atoms with E-state index in [0.29, 0.717) is 18.0 Å². The van der Waals surface area contributed by atoms with Crippen molar-refractivity contribution in [2.75, 3.05) is 13.2 Å². The molecule has 6 heteroatoms. The van der Waals surface area contributed by atoms with E-state index in [2.05, 4.69) is 5.32 Å². The molecule has 1 amide bonds. The van der Waals surface area contributed by atoms with Crippen LogP contribution in [0.3, 0.4) is 0 Å². The van der Waals surface area contributed by atoms with Crippen molar-refractivity contribution in [2.45, 2.75) is 12.3 Å². The van der Waals surface area contributed by atoms with Crippen molar-refractivity contribution >= 4 is 23.2 Å². The maximum absolute atomic E-state index is 12.1. The number of benzene rings is 1. The zero-order chi connectivity index (χ0) is 15.5. The van der Waals surface area contributed by atoms with E-state index in [0.717, 1.165) is 29.1 Å². The summed E-state index contributed by atoms with van der Waals surface area (Å²) in [5, 5.41) is 11.8. The molecule has 1 atom stereocenters. The third kappa shape index (κ3) is 2.96. The van der Waals surface area contributed by atoms with Crippen LogP contribution in [0.25, 0.3) is 0 Å². The van der Waals surface area contributed by atoms with Crippen LogP contribution in [0, 0.1) is 0 Å². The minimum absolute atomic E-state index is 0.168. The second kappa shape index (κ2) is 6.19. The lowest BCUT2D eigenvalue weighted by Gasteiger charge is -2.25. The van der Waals surface area contributed by atoms with E-state index in [1.807, 2.05) is 24.3 Å². The van der Waals surface area contributed by atoms with Gasteiger partial charge in [-0.1, -0.05) is 18.2 Å². The first kappa shape index (κ1) is 14.6. The van der Waals surface area contributed by atoms with Crippen LogP contribution in [0.4, 0.5) is 0 Å². The van der Waals surface area contributed by atoms with Gasteiger partial charge in [0, 0.05) is 12.5 Å². The van der Waals surface area contributed by atoms with Gasteiger partial charge in [-0.2, -0.15) is 0 Å². The average molecular weight is 317 g/mol. The maximum Gasteiger partial charge on any atom is 0.345 e. The molecule has 5 nitrogen and oxygen atoms in total. The van der Waals surface area contributed by atoms with E-state index in [1.165, 1.54) is 6.07 Å². The number of carboxylic acid groups (broad SMARTS) is 1. The number of ether oxygens (including phenoxy) is 1. The Kier molecular flexibility index (Phi) is 4.11. The number of nitrogens with one attached hydrogen (secondary N) is 1. The average Bonchev–Trinajstić information content (AvgIpc) is 3.03. The molecule has 0 radical (unpaired) electrons. The highest BCUT2D eigenvalue weighted by Crippen LogP contribution is 2.32. The molecule has 0 bridgehead atoms. The van der Waals surface area contributed by atoms with Gasteiger partial charge in [-0.15, -0.1) is 11.3 Å². The minimum Gasteiger partial charge on any atom is -0.493 e. The number of para-hydroxylation sites is 1. The quantitative estimate of drug-likeness (QED) is 0.909. The standard InChI is InChI=1S/C16H15NO4S/c18-15(13-5-6-14(22-13)16(19)20)17-9-10-7-8-21-12-4-2-1-3-11(10)12/h1-6,10H,7-9H2,(H,17,18)(H,19,20)/t10-/m0/s1. The van der Waals surface area contributed by atoms with Gasteiger partial charge in [0.05, 0.1) is 11.5 Å². The molecule has 1 aromatic heterocycles. The third-order valence-corrected chi connectivity index (χ3v) is 4.70. The molecule has 3 rings (SSSR count). The van der Waals surface area contributed by atoms with E-state index in [9.17, 15) is 9.59 Å². The molecule has 0 saturated carbocycles. The molecule has 0 unspecified atom stereocenters. The van der Waals surface area contributed by atoms with Crippen molar-refractivity contribution in [3.8, 4) is 5.75 Å². The fourth-order valence-electron chi connectivity index (χ4n) is 2.51. The minimum atomic E-state index is -1.01. The summed E-state index contributed by atoms with van der Waals surface area (Å²) in [6.07, 6.45) is 0.849. The number of hydrogen-bond donors (Lipinski definition) is 2. The smallest absolute Gasteiger partial charge is 0.345 e. The zero-order valence-corrected chi connectivity index (χ0v) is 12.6. The monoisotopic (exact) mass is 317 g/mol. The van der Waals surface area contributed by atoms with Gasteiger partial charge in [0.15, 0.2) is 0 Å². The van der Waals surface area contributed by atoms with E-state index in [-0.39, 0.29) is 16.7 Å². The van der Waals surface area contributed by atoms with Crippen molar-refractivity contribution < 1.29 is 19.4 Å². The highest BCUT2D eigenvalue weighted by molar-refractivity contribution is 7.15. The van der Waals surface area contributed by atoms with Crippen molar-refractivity contribution in [3.63, 3.8) is 0 Å². The van der Waals surface area contributed by atoms with Crippen LogP contribution in [0.1, 0.15) is 37.2 Å². The summed E-state index contributed by atoms with van der Waals surface area (Å²) in [7, 11) is 0. The van der Waals surface area contributed by atoms with Gasteiger partial charge in [-0.05, 0) is 30.2 Å².